The number of aromatic nitrogens is 3. The van der Waals surface area contributed by atoms with Crippen molar-refractivity contribution in [1.29, 1.82) is 0 Å². The number of likely N-dealkylation sites (tertiary alicyclic amines) is 1. The van der Waals surface area contributed by atoms with Crippen molar-refractivity contribution in [3.05, 3.63) is 11.9 Å². The smallest absolute Gasteiger partial charge is 0.0858 e. The molecule has 1 atom stereocenters. The highest BCUT2D eigenvalue weighted by molar-refractivity contribution is 5.04. The number of hydrogen-bond donors (Lipinski definition) is 0. The van der Waals surface area contributed by atoms with Crippen LogP contribution in [0.2, 0.25) is 0 Å². The molecule has 25 heavy (non-hydrogen) atoms. The van der Waals surface area contributed by atoms with E-state index in [4.69, 9.17) is 4.74 Å². The van der Waals surface area contributed by atoms with Crippen LogP contribution in [0.15, 0.2) is 6.20 Å². The van der Waals surface area contributed by atoms with E-state index >= 15 is 0 Å². The summed E-state index contributed by atoms with van der Waals surface area (Å²) in [6, 6.07) is 1.17. The van der Waals surface area contributed by atoms with Crippen LogP contribution in [-0.2, 0) is 4.74 Å². The first kappa shape index (κ1) is 17.4. The predicted octanol–water partition coefficient (Wildman–Crippen LogP) is 2.29. The fourth-order valence-electron chi connectivity index (χ4n) is 4.74. The minimum Gasteiger partial charge on any atom is -0.379 e. The Labute approximate surface area is 151 Å². The zero-order chi connectivity index (χ0) is 17.1. The quantitative estimate of drug-likeness (QED) is 0.818. The molecule has 0 bridgehead atoms. The van der Waals surface area contributed by atoms with Crippen LogP contribution in [0.5, 0.6) is 0 Å². The Morgan fingerprint density at radius 1 is 1.08 bits per heavy atom. The molecule has 1 aromatic rings. The first-order valence-electron chi connectivity index (χ1n) is 10.3. The van der Waals surface area contributed by atoms with Gasteiger partial charge in [-0.15, -0.1) is 5.10 Å². The second kappa shape index (κ2) is 8.14. The van der Waals surface area contributed by atoms with Crippen molar-refractivity contribution in [2.75, 3.05) is 45.9 Å². The third-order valence-corrected chi connectivity index (χ3v) is 6.42. The van der Waals surface area contributed by atoms with E-state index in [2.05, 4.69) is 37.9 Å². The fourth-order valence-corrected chi connectivity index (χ4v) is 4.74. The molecule has 3 heterocycles. The van der Waals surface area contributed by atoms with Crippen molar-refractivity contribution in [1.82, 2.24) is 24.8 Å². The molecule has 0 radical (unpaired) electrons. The number of nitrogens with zero attached hydrogens (tertiary/aromatic N) is 5. The van der Waals surface area contributed by atoms with Gasteiger partial charge in [0, 0.05) is 50.9 Å². The van der Waals surface area contributed by atoms with E-state index in [0.717, 1.165) is 26.3 Å². The van der Waals surface area contributed by atoms with E-state index < -0.39 is 0 Å². The standard InChI is InChI=1S/C19H33N5O/c1-16(14-22-10-12-25-13-11-22)23-8-6-18(7-9-23)24-15-19(20-21-24)17-4-2-3-5-17/h15-18H,2-14H2,1H3/t16-/m1/s1. The van der Waals surface area contributed by atoms with Crippen molar-refractivity contribution in [2.24, 2.45) is 0 Å². The predicted molar refractivity (Wildman–Crippen MR) is 97.8 cm³/mol. The first-order valence-corrected chi connectivity index (χ1v) is 10.3. The maximum absolute atomic E-state index is 5.46. The van der Waals surface area contributed by atoms with Crippen LogP contribution in [0.1, 0.15) is 63.1 Å². The molecule has 1 aromatic heterocycles. The number of morpholine rings is 1. The minimum absolute atomic E-state index is 0.537. The maximum atomic E-state index is 5.46. The van der Waals surface area contributed by atoms with E-state index in [1.807, 2.05) is 0 Å². The maximum Gasteiger partial charge on any atom is 0.0858 e. The highest BCUT2D eigenvalue weighted by atomic mass is 16.5. The molecule has 6 heteroatoms. The van der Waals surface area contributed by atoms with Crippen LogP contribution >= 0.6 is 0 Å². The van der Waals surface area contributed by atoms with Gasteiger partial charge in [0.05, 0.1) is 24.9 Å². The van der Waals surface area contributed by atoms with E-state index in [1.54, 1.807) is 0 Å². The van der Waals surface area contributed by atoms with Gasteiger partial charge in [-0.05, 0) is 32.6 Å². The number of piperidine rings is 1. The van der Waals surface area contributed by atoms with E-state index in [-0.39, 0.29) is 0 Å². The zero-order valence-corrected chi connectivity index (χ0v) is 15.6. The topological polar surface area (TPSA) is 46.4 Å². The summed E-state index contributed by atoms with van der Waals surface area (Å²) in [7, 11) is 0. The molecular formula is C19H33N5O. The molecule has 2 saturated heterocycles. The van der Waals surface area contributed by atoms with Gasteiger partial charge in [-0.2, -0.15) is 0 Å². The van der Waals surface area contributed by atoms with E-state index in [9.17, 15) is 0 Å². The number of hydrogen-bond acceptors (Lipinski definition) is 5. The molecule has 0 aromatic carbocycles. The van der Waals surface area contributed by atoms with Gasteiger partial charge in [0.2, 0.25) is 0 Å². The molecule has 2 aliphatic heterocycles. The molecule has 6 nitrogen and oxygen atoms in total. The van der Waals surface area contributed by atoms with Crippen molar-refractivity contribution >= 4 is 0 Å². The summed E-state index contributed by atoms with van der Waals surface area (Å²) in [6.07, 6.45) is 9.95. The highest BCUT2D eigenvalue weighted by Gasteiger charge is 2.27. The Hall–Kier alpha value is -0.980. The summed E-state index contributed by atoms with van der Waals surface area (Å²) in [5, 5.41) is 8.96. The summed E-state index contributed by atoms with van der Waals surface area (Å²) in [5.41, 5.74) is 1.24. The third kappa shape index (κ3) is 4.23. The van der Waals surface area contributed by atoms with Crippen molar-refractivity contribution < 1.29 is 4.74 Å². The van der Waals surface area contributed by atoms with Gasteiger partial charge in [-0.1, -0.05) is 18.1 Å². The lowest BCUT2D eigenvalue weighted by atomic mass is 10.0. The first-order chi connectivity index (χ1) is 12.3. The van der Waals surface area contributed by atoms with Crippen LogP contribution in [0.4, 0.5) is 0 Å². The Morgan fingerprint density at radius 2 is 1.80 bits per heavy atom. The van der Waals surface area contributed by atoms with Gasteiger partial charge in [0.25, 0.3) is 0 Å². The molecule has 0 unspecified atom stereocenters. The molecule has 1 saturated carbocycles. The zero-order valence-electron chi connectivity index (χ0n) is 15.6. The molecule has 0 spiro atoms. The monoisotopic (exact) mass is 347 g/mol. The SMILES string of the molecule is C[C@H](CN1CCOCC1)N1CCC(n2cc(C3CCCC3)nn2)CC1. The lowest BCUT2D eigenvalue weighted by Crippen LogP contribution is -2.48. The second-order valence-corrected chi connectivity index (χ2v) is 8.13. The average molecular weight is 348 g/mol. The molecule has 3 fully saturated rings. The van der Waals surface area contributed by atoms with Gasteiger partial charge < -0.3 is 4.74 Å². The van der Waals surface area contributed by atoms with Gasteiger partial charge in [-0.3, -0.25) is 9.80 Å². The van der Waals surface area contributed by atoms with E-state index in [1.165, 1.54) is 63.9 Å². The molecule has 140 valence electrons. The summed E-state index contributed by atoms with van der Waals surface area (Å²) in [4.78, 5) is 5.20. The van der Waals surface area contributed by atoms with Crippen LogP contribution in [0.3, 0.4) is 0 Å². The van der Waals surface area contributed by atoms with Crippen molar-refractivity contribution in [3.8, 4) is 0 Å². The van der Waals surface area contributed by atoms with Gasteiger partial charge in [0.15, 0.2) is 0 Å². The third-order valence-electron chi connectivity index (χ3n) is 6.42. The molecule has 1 aliphatic carbocycles. The molecule has 3 aliphatic rings. The lowest BCUT2D eigenvalue weighted by molar-refractivity contribution is 0.0205. The summed E-state index contributed by atoms with van der Waals surface area (Å²) in [5.74, 6) is 0.669. The van der Waals surface area contributed by atoms with Crippen LogP contribution in [0, 0.1) is 0 Å². The van der Waals surface area contributed by atoms with Crippen LogP contribution in [-0.4, -0.2) is 76.8 Å². The number of ether oxygens (including phenoxy) is 1. The van der Waals surface area contributed by atoms with Crippen LogP contribution < -0.4 is 0 Å². The Balaban J connectivity index is 1.26. The molecule has 0 amide bonds. The summed E-state index contributed by atoms with van der Waals surface area (Å²) in [6.45, 7) is 9.86. The second-order valence-electron chi connectivity index (χ2n) is 8.13. The lowest BCUT2D eigenvalue weighted by Gasteiger charge is -2.38. The largest absolute Gasteiger partial charge is 0.379 e. The summed E-state index contributed by atoms with van der Waals surface area (Å²) < 4.78 is 7.62. The average Bonchev–Trinajstić information content (AvgIpc) is 3.34. The van der Waals surface area contributed by atoms with Gasteiger partial charge in [0.1, 0.15) is 0 Å². The van der Waals surface area contributed by atoms with Gasteiger partial charge in [-0.25, -0.2) is 4.68 Å². The summed E-state index contributed by atoms with van der Waals surface area (Å²) >= 11 is 0. The minimum atomic E-state index is 0.537. The van der Waals surface area contributed by atoms with Crippen molar-refractivity contribution in [3.63, 3.8) is 0 Å². The van der Waals surface area contributed by atoms with Crippen LogP contribution in [0.25, 0.3) is 0 Å². The highest BCUT2D eigenvalue weighted by Crippen LogP contribution is 2.33. The van der Waals surface area contributed by atoms with Crippen molar-refractivity contribution in [2.45, 2.75) is 63.5 Å². The molecule has 0 N–H and O–H groups in total. The van der Waals surface area contributed by atoms with E-state index in [0.29, 0.717) is 18.0 Å². The fraction of sp³-hybridized carbons (Fsp3) is 0.895. The molecule has 4 rings (SSSR count). The normalized spacial score (nSPS) is 26.3. The molecular weight excluding hydrogens is 314 g/mol. The number of rotatable bonds is 5. The van der Waals surface area contributed by atoms with Gasteiger partial charge >= 0.3 is 0 Å². The Kier molecular flexibility index (Phi) is 5.68. The Bertz CT molecular complexity index is 528. The Morgan fingerprint density at radius 3 is 2.52 bits per heavy atom.